The first-order valence-corrected chi connectivity index (χ1v) is 6.24. The molecule has 1 aromatic carbocycles. The largest absolute Gasteiger partial charge is 0.402 e. The fraction of sp³-hybridized carbons (Fsp3) is 0.400. The summed E-state index contributed by atoms with van der Waals surface area (Å²) in [6.45, 7) is 1.91. The third-order valence-corrected chi connectivity index (χ3v) is 3.65. The molecule has 0 aliphatic heterocycles. The molecule has 17 heavy (non-hydrogen) atoms. The van der Waals surface area contributed by atoms with Crippen LogP contribution in [0.15, 0.2) is 23.1 Å². The monoisotopic (exact) mass is 267 g/mol. The van der Waals surface area contributed by atoms with Crippen LogP contribution in [0.25, 0.3) is 0 Å². The van der Waals surface area contributed by atoms with Crippen molar-refractivity contribution >= 4 is 10.0 Å². The van der Waals surface area contributed by atoms with E-state index in [2.05, 4.69) is 0 Å². The van der Waals surface area contributed by atoms with Crippen molar-refractivity contribution in [2.24, 2.45) is 0 Å². The van der Waals surface area contributed by atoms with Gasteiger partial charge in [-0.3, -0.25) is 0 Å². The lowest BCUT2D eigenvalue weighted by Gasteiger charge is -2.10. The second-order valence-electron chi connectivity index (χ2n) is 3.69. The predicted molar refractivity (Wildman–Crippen MR) is 57.2 cm³/mol. The molecule has 0 spiro atoms. The molecule has 0 saturated carbocycles. The molecule has 0 heterocycles. The van der Waals surface area contributed by atoms with Crippen molar-refractivity contribution in [2.45, 2.75) is 24.9 Å². The molecular weight excluding hydrogens is 255 g/mol. The molecule has 0 radical (unpaired) electrons. The Hall–Kier alpha value is -1.08. The number of hydrogen-bond donors (Lipinski definition) is 1. The highest BCUT2D eigenvalue weighted by atomic mass is 32.2. The highest BCUT2D eigenvalue weighted by Crippen LogP contribution is 2.17. The molecule has 0 aliphatic rings. The Balaban J connectivity index is 2.94. The molecule has 96 valence electrons. The lowest BCUT2D eigenvalue weighted by Crippen LogP contribution is -2.33. The van der Waals surface area contributed by atoms with Crippen LogP contribution >= 0.6 is 0 Å². The summed E-state index contributed by atoms with van der Waals surface area (Å²) in [5.41, 5.74) is 1.58. The molecule has 0 amide bonds. The van der Waals surface area contributed by atoms with E-state index in [1.54, 1.807) is 19.9 Å². The van der Waals surface area contributed by atoms with Gasteiger partial charge < -0.3 is 0 Å². The Kier molecular flexibility index (Phi) is 3.83. The summed E-state index contributed by atoms with van der Waals surface area (Å²) in [5, 5.41) is 0. The Bertz CT molecular complexity index is 509. The smallest absolute Gasteiger partial charge is 0.207 e. The Morgan fingerprint density at radius 3 is 2.24 bits per heavy atom. The molecule has 0 fully saturated rings. The molecule has 7 heteroatoms. The van der Waals surface area contributed by atoms with E-state index in [0.29, 0.717) is 5.56 Å². The van der Waals surface area contributed by atoms with Crippen LogP contribution in [-0.2, 0) is 10.0 Å². The van der Waals surface area contributed by atoms with Crippen LogP contribution in [0.4, 0.5) is 13.2 Å². The first-order valence-electron chi connectivity index (χ1n) is 4.75. The molecule has 3 nitrogen and oxygen atoms in total. The molecule has 0 aliphatic carbocycles. The summed E-state index contributed by atoms with van der Waals surface area (Å²) in [4.78, 5) is -0.162. The van der Waals surface area contributed by atoms with Gasteiger partial charge in [0.2, 0.25) is 10.0 Å². The molecule has 0 bridgehead atoms. The molecule has 1 rings (SSSR count). The fourth-order valence-corrected chi connectivity index (χ4v) is 2.24. The number of nitrogens with one attached hydrogen (secondary N) is 1. The van der Waals surface area contributed by atoms with E-state index in [4.69, 9.17) is 0 Å². The van der Waals surface area contributed by atoms with Crippen molar-refractivity contribution in [3.63, 3.8) is 0 Å². The van der Waals surface area contributed by atoms with Gasteiger partial charge in [0.05, 0.1) is 4.90 Å². The van der Waals surface area contributed by atoms with Gasteiger partial charge >= 0.3 is 6.18 Å². The minimum absolute atomic E-state index is 0.162. The van der Waals surface area contributed by atoms with Gasteiger partial charge in [-0.2, -0.15) is 13.2 Å². The van der Waals surface area contributed by atoms with Crippen molar-refractivity contribution in [1.29, 1.82) is 0 Å². The minimum Gasteiger partial charge on any atom is -0.207 e. The van der Waals surface area contributed by atoms with Gasteiger partial charge in [-0.05, 0) is 37.1 Å². The number of rotatable bonds is 3. The van der Waals surface area contributed by atoms with Crippen LogP contribution in [0.5, 0.6) is 0 Å². The predicted octanol–water partition coefficient (Wildman–Crippen LogP) is 2.14. The van der Waals surface area contributed by atoms with E-state index in [-0.39, 0.29) is 4.90 Å². The van der Waals surface area contributed by atoms with Crippen molar-refractivity contribution in [1.82, 2.24) is 4.72 Å². The average Bonchev–Trinajstić information content (AvgIpc) is 2.18. The third-order valence-electron chi connectivity index (χ3n) is 2.25. The first-order chi connectivity index (χ1) is 7.62. The summed E-state index contributed by atoms with van der Waals surface area (Å²) >= 11 is 0. The number of benzene rings is 1. The van der Waals surface area contributed by atoms with Gasteiger partial charge in [0.25, 0.3) is 0 Å². The van der Waals surface area contributed by atoms with Gasteiger partial charge in [0, 0.05) is 0 Å². The quantitative estimate of drug-likeness (QED) is 0.912. The normalized spacial score (nSPS) is 12.8. The summed E-state index contributed by atoms with van der Waals surface area (Å²) in [5.74, 6) is 0. The number of halogens is 3. The Labute approximate surface area is 97.7 Å². The topological polar surface area (TPSA) is 46.2 Å². The number of sulfonamides is 1. The van der Waals surface area contributed by atoms with Crippen LogP contribution in [0, 0.1) is 13.8 Å². The lowest BCUT2D eigenvalue weighted by molar-refractivity contribution is -0.121. The molecule has 0 aromatic heterocycles. The molecular formula is C10H12F3NO2S. The second-order valence-corrected chi connectivity index (χ2v) is 5.45. The maximum Gasteiger partial charge on any atom is 0.402 e. The average molecular weight is 267 g/mol. The maximum atomic E-state index is 11.9. The van der Waals surface area contributed by atoms with Gasteiger partial charge in [0.1, 0.15) is 6.54 Å². The Morgan fingerprint density at radius 2 is 1.76 bits per heavy atom. The molecule has 1 N–H and O–H groups in total. The highest BCUT2D eigenvalue weighted by molar-refractivity contribution is 7.89. The zero-order chi connectivity index (χ0) is 13.3. The summed E-state index contributed by atoms with van der Waals surface area (Å²) in [6.07, 6.45) is -4.56. The zero-order valence-electron chi connectivity index (χ0n) is 9.30. The van der Waals surface area contributed by atoms with Crippen LogP contribution in [0.1, 0.15) is 11.1 Å². The van der Waals surface area contributed by atoms with Crippen LogP contribution in [0.3, 0.4) is 0 Å². The maximum absolute atomic E-state index is 11.9. The first kappa shape index (κ1) is 14.0. The van der Waals surface area contributed by atoms with Crippen LogP contribution in [-0.4, -0.2) is 21.1 Å². The van der Waals surface area contributed by atoms with E-state index >= 15 is 0 Å². The van der Waals surface area contributed by atoms with Gasteiger partial charge in [-0.1, -0.05) is 6.07 Å². The number of hydrogen-bond acceptors (Lipinski definition) is 2. The Morgan fingerprint density at radius 1 is 1.18 bits per heavy atom. The van der Waals surface area contributed by atoms with E-state index in [1.165, 1.54) is 16.9 Å². The minimum atomic E-state index is -4.56. The molecule has 0 unspecified atom stereocenters. The summed E-state index contributed by atoms with van der Waals surface area (Å²) < 4.78 is 60.3. The van der Waals surface area contributed by atoms with E-state index in [1.807, 2.05) is 0 Å². The van der Waals surface area contributed by atoms with Gasteiger partial charge in [0.15, 0.2) is 0 Å². The van der Waals surface area contributed by atoms with Crippen molar-refractivity contribution < 1.29 is 21.6 Å². The standard InChI is InChI=1S/C10H12F3NO2S/c1-7-3-4-9(5-8(7)2)17(15,16)14-6-10(11,12)13/h3-5,14H,6H2,1-2H3. The number of aryl methyl sites for hydroxylation is 2. The van der Waals surface area contributed by atoms with Crippen molar-refractivity contribution in [2.75, 3.05) is 6.54 Å². The van der Waals surface area contributed by atoms with Gasteiger partial charge in [-0.15, -0.1) is 0 Å². The summed E-state index contributed by atoms with van der Waals surface area (Å²) in [6, 6.07) is 4.17. The number of alkyl halides is 3. The van der Waals surface area contributed by atoms with Crippen LogP contribution in [0.2, 0.25) is 0 Å². The van der Waals surface area contributed by atoms with E-state index < -0.39 is 22.7 Å². The molecule has 0 saturated heterocycles. The zero-order valence-corrected chi connectivity index (χ0v) is 10.1. The highest BCUT2D eigenvalue weighted by Gasteiger charge is 2.30. The summed E-state index contributed by atoms with van der Waals surface area (Å²) in [7, 11) is -4.10. The van der Waals surface area contributed by atoms with Crippen molar-refractivity contribution in [3.8, 4) is 0 Å². The van der Waals surface area contributed by atoms with Crippen molar-refractivity contribution in [3.05, 3.63) is 29.3 Å². The molecule has 1 aromatic rings. The van der Waals surface area contributed by atoms with Gasteiger partial charge in [-0.25, -0.2) is 13.1 Å². The van der Waals surface area contributed by atoms with Crippen LogP contribution < -0.4 is 4.72 Å². The third kappa shape index (κ3) is 4.01. The van der Waals surface area contributed by atoms with E-state index in [9.17, 15) is 21.6 Å². The fourth-order valence-electron chi connectivity index (χ4n) is 1.14. The second kappa shape index (κ2) is 4.66. The lowest BCUT2D eigenvalue weighted by atomic mass is 10.1. The molecule has 0 atom stereocenters. The van der Waals surface area contributed by atoms with E-state index in [0.717, 1.165) is 5.56 Å². The SMILES string of the molecule is Cc1ccc(S(=O)(=O)NCC(F)(F)F)cc1C.